The minimum Gasteiger partial charge on any atom is -0.272 e. The van der Waals surface area contributed by atoms with E-state index in [2.05, 4.69) is 10.5 Å². The van der Waals surface area contributed by atoms with Crippen molar-refractivity contribution in [3.8, 4) is 0 Å². The van der Waals surface area contributed by atoms with Crippen molar-refractivity contribution in [3.63, 3.8) is 0 Å². The molecule has 3 rings (SSSR count). The van der Waals surface area contributed by atoms with E-state index in [0.717, 1.165) is 16.1 Å². The molecule has 0 aromatic heterocycles. The smallest absolute Gasteiger partial charge is 0.255 e. The van der Waals surface area contributed by atoms with Crippen LogP contribution in [0.25, 0.3) is 0 Å². The van der Waals surface area contributed by atoms with E-state index in [9.17, 15) is 22.0 Å². The molecule has 0 unspecified atom stereocenters. The van der Waals surface area contributed by atoms with Crippen molar-refractivity contribution in [3.05, 3.63) is 100 Å². The molecule has 0 aliphatic carbocycles. The molecule has 3 aromatic rings. The number of nitrogens with one attached hydrogen (secondary N) is 1. The number of nitrogens with zero attached hydrogens (tertiary/aromatic N) is 2. The second-order valence-corrected chi connectivity index (χ2v) is 9.45. The van der Waals surface area contributed by atoms with Gasteiger partial charge in [0.15, 0.2) is 0 Å². The Balaban J connectivity index is 1.83. The van der Waals surface area contributed by atoms with Crippen molar-refractivity contribution in [1.29, 1.82) is 0 Å². The number of amides is 1. The maximum atomic E-state index is 14.2. The zero-order valence-corrected chi connectivity index (χ0v) is 19.1. The quantitative estimate of drug-likeness (QED) is 0.377. The van der Waals surface area contributed by atoms with E-state index in [1.165, 1.54) is 48.5 Å². The van der Waals surface area contributed by atoms with Gasteiger partial charge >= 0.3 is 0 Å². The summed E-state index contributed by atoms with van der Waals surface area (Å²) >= 11 is 5.91. The lowest BCUT2D eigenvalue weighted by Crippen LogP contribution is -2.39. The summed E-state index contributed by atoms with van der Waals surface area (Å²) in [5.41, 5.74) is 3.08. The molecule has 0 aliphatic rings. The summed E-state index contributed by atoms with van der Waals surface area (Å²) < 4.78 is 55.3. The summed E-state index contributed by atoms with van der Waals surface area (Å²) in [7, 11) is -4.15. The lowest BCUT2D eigenvalue weighted by Gasteiger charge is -2.22. The molecule has 0 spiro atoms. The van der Waals surface area contributed by atoms with Gasteiger partial charge in [0.05, 0.1) is 22.7 Å². The molecule has 0 saturated heterocycles. The number of aryl methyl sites for hydroxylation is 1. The number of hydrogen-bond donors (Lipinski definition) is 1. The van der Waals surface area contributed by atoms with Crippen LogP contribution in [0.3, 0.4) is 0 Å². The van der Waals surface area contributed by atoms with Crippen LogP contribution in [0.4, 0.5) is 8.78 Å². The lowest BCUT2D eigenvalue weighted by atomic mass is 10.2. The summed E-state index contributed by atoms with van der Waals surface area (Å²) in [6.45, 7) is 0.785. The van der Waals surface area contributed by atoms with Crippen molar-refractivity contribution in [2.75, 3.05) is 6.54 Å². The van der Waals surface area contributed by atoms with Crippen LogP contribution in [0.15, 0.2) is 76.7 Å². The third kappa shape index (κ3) is 6.22. The van der Waals surface area contributed by atoms with E-state index >= 15 is 0 Å². The number of carbonyl (C=O) groups is 1. The van der Waals surface area contributed by atoms with E-state index in [4.69, 9.17) is 11.6 Å². The van der Waals surface area contributed by atoms with E-state index in [1.807, 2.05) is 0 Å². The largest absolute Gasteiger partial charge is 0.272 e. The Hall–Kier alpha value is -3.14. The molecule has 3 aromatic carbocycles. The molecule has 0 aliphatic heterocycles. The number of hydrogen-bond acceptors (Lipinski definition) is 4. The molecule has 0 radical (unpaired) electrons. The predicted molar refractivity (Wildman–Crippen MR) is 122 cm³/mol. The fraction of sp³-hybridized carbons (Fsp3) is 0.130. The molecule has 172 valence electrons. The van der Waals surface area contributed by atoms with Gasteiger partial charge < -0.3 is 0 Å². The van der Waals surface area contributed by atoms with E-state index in [1.54, 1.807) is 25.1 Å². The third-order valence-corrected chi connectivity index (χ3v) is 6.80. The van der Waals surface area contributed by atoms with Gasteiger partial charge in [-0.1, -0.05) is 53.6 Å². The first-order valence-electron chi connectivity index (χ1n) is 9.74. The zero-order chi connectivity index (χ0) is 24.0. The Morgan fingerprint density at radius 1 is 1.03 bits per heavy atom. The average molecular weight is 492 g/mol. The number of hydrazone groups is 1. The van der Waals surface area contributed by atoms with Crippen molar-refractivity contribution >= 4 is 33.7 Å². The average Bonchev–Trinajstić information content (AvgIpc) is 2.77. The van der Waals surface area contributed by atoms with Crippen molar-refractivity contribution < 1.29 is 22.0 Å². The van der Waals surface area contributed by atoms with Crippen LogP contribution in [0.5, 0.6) is 0 Å². The van der Waals surface area contributed by atoms with Crippen LogP contribution in [0, 0.1) is 18.6 Å². The van der Waals surface area contributed by atoms with Crippen LogP contribution in [-0.2, 0) is 21.4 Å². The van der Waals surface area contributed by atoms with E-state index < -0.39 is 34.1 Å². The highest BCUT2D eigenvalue weighted by molar-refractivity contribution is 7.89. The molecular formula is C23H20ClF2N3O3S. The number of sulfonamides is 1. The maximum absolute atomic E-state index is 14.2. The van der Waals surface area contributed by atoms with Crippen LogP contribution < -0.4 is 5.43 Å². The molecule has 0 heterocycles. The van der Waals surface area contributed by atoms with Gasteiger partial charge in [0.25, 0.3) is 5.91 Å². The van der Waals surface area contributed by atoms with Crippen molar-refractivity contribution in [1.82, 2.24) is 9.73 Å². The van der Waals surface area contributed by atoms with Gasteiger partial charge in [-0.05, 0) is 37.3 Å². The molecular weight excluding hydrogens is 472 g/mol. The van der Waals surface area contributed by atoms with Crippen LogP contribution in [-0.4, -0.2) is 31.4 Å². The predicted octanol–water partition coefficient (Wildman–Crippen LogP) is 4.27. The molecule has 0 bridgehead atoms. The van der Waals surface area contributed by atoms with E-state index in [-0.39, 0.29) is 27.6 Å². The monoisotopic (exact) mass is 491 g/mol. The standard InChI is InChI=1S/C23H20ClF2N3O3S/c1-16-9-11-18(12-10-16)33(31,32)29(14-17-5-2-3-7-21(17)25)15-23(30)28-27-13-19-20(24)6-4-8-22(19)26/h2-13H,14-15H2,1H3,(H,28,30)/b27-13+. The molecule has 6 nitrogen and oxygen atoms in total. The Morgan fingerprint density at radius 3 is 2.36 bits per heavy atom. The highest BCUT2D eigenvalue weighted by atomic mass is 35.5. The molecule has 0 fully saturated rings. The number of rotatable bonds is 8. The summed E-state index contributed by atoms with van der Waals surface area (Å²) in [5, 5.41) is 3.76. The van der Waals surface area contributed by atoms with Crippen LogP contribution in [0.1, 0.15) is 16.7 Å². The van der Waals surface area contributed by atoms with Gasteiger partial charge in [0.1, 0.15) is 11.6 Å². The van der Waals surface area contributed by atoms with Crippen LogP contribution >= 0.6 is 11.6 Å². The molecule has 33 heavy (non-hydrogen) atoms. The number of carbonyl (C=O) groups excluding carboxylic acids is 1. The Kier molecular flexibility index (Phi) is 7.91. The Labute approximate surface area is 195 Å². The summed E-state index contributed by atoms with van der Waals surface area (Å²) in [4.78, 5) is 12.4. The molecule has 0 atom stereocenters. The maximum Gasteiger partial charge on any atom is 0.255 e. The SMILES string of the molecule is Cc1ccc(S(=O)(=O)N(CC(=O)N/N=C/c2c(F)cccc2Cl)Cc2ccccc2F)cc1. The highest BCUT2D eigenvalue weighted by Gasteiger charge is 2.27. The summed E-state index contributed by atoms with van der Waals surface area (Å²) in [6.07, 6.45) is 1.02. The van der Waals surface area contributed by atoms with Crippen molar-refractivity contribution in [2.45, 2.75) is 18.4 Å². The topological polar surface area (TPSA) is 78.8 Å². The minimum atomic E-state index is -4.15. The first-order chi connectivity index (χ1) is 15.7. The Bertz CT molecular complexity index is 1260. The molecule has 1 amide bonds. The number of halogens is 3. The summed E-state index contributed by atoms with van der Waals surface area (Å²) in [6, 6.07) is 15.8. The normalized spacial score (nSPS) is 11.8. The number of benzene rings is 3. The minimum absolute atomic E-state index is 0.0324. The fourth-order valence-corrected chi connectivity index (χ4v) is 4.49. The second kappa shape index (κ2) is 10.7. The fourth-order valence-electron chi connectivity index (χ4n) is 2.90. The second-order valence-electron chi connectivity index (χ2n) is 7.11. The first kappa shape index (κ1) is 24.5. The van der Waals surface area contributed by atoms with Gasteiger partial charge in [-0.3, -0.25) is 4.79 Å². The van der Waals surface area contributed by atoms with Gasteiger partial charge in [0, 0.05) is 17.7 Å². The lowest BCUT2D eigenvalue weighted by molar-refractivity contribution is -0.121. The van der Waals surface area contributed by atoms with Crippen molar-refractivity contribution in [2.24, 2.45) is 5.10 Å². The molecule has 1 N–H and O–H groups in total. The Morgan fingerprint density at radius 2 is 1.70 bits per heavy atom. The van der Waals surface area contributed by atoms with Gasteiger partial charge in [-0.25, -0.2) is 22.6 Å². The van der Waals surface area contributed by atoms with Crippen LogP contribution in [0.2, 0.25) is 5.02 Å². The third-order valence-electron chi connectivity index (χ3n) is 4.67. The summed E-state index contributed by atoms with van der Waals surface area (Å²) in [5.74, 6) is -2.04. The highest BCUT2D eigenvalue weighted by Crippen LogP contribution is 2.20. The molecule has 0 saturated carbocycles. The zero-order valence-electron chi connectivity index (χ0n) is 17.5. The molecule has 10 heteroatoms. The van der Waals surface area contributed by atoms with Gasteiger partial charge in [0.2, 0.25) is 10.0 Å². The van der Waals surface area contributed by atoms with Gasteiger partial charge in [-0.15, -0.1) is 0 Å². The first-order valence-corrected chi connectivity index (χ1v) is 11.6. The van der Waals surface area contributed by atoms with Gasteiger partial charge in [-0.2, -0.15) is 9.41 Å². The van der Waals surface area contributed by atoms with E-state index in [0.29, 0.717) is 0 Å².